The molecule has 6 nitrogen and oxygen atoms in total. The zero-order valence-corrected chi connectivity index (χ0v) is 19.3. The van der Waals surface area contributed by atoms with E-state index in [4.69, 9.17) is 0 Å². The fraction of sp³-hybridized carbons (Fsp3) is 0.346. The second kappa shape index (κ2) is 8.15. The van der Waals surface area contributed by atoms with E-state index in [0.717, 1.165) is 23.3 Å². The number of allylic oxidation sites excluding steroid dienone is 2. The Labute approximate surface area is 200 Å². The third-order valence-electron chi connectivity index (χ3n) is 7.08. The number of alkyl halides is 3. The van der Waals surface area contributed by atoms with Crippen molar-refractivity contribution in [2.24, 2.45) is 11.3 Å². The molecule has 4 rings (SSSR count). The molecule has 0 bridgehead atoms. The van der Waals surface area contributed by atoms with Gasteiger partial charge in [0.1, 0.15) is 17.6 Å². The molecule has 0 radical (unpaired) electrons. The van der Waals surface area contributed by atoms with Gasteiger partial charge in [0, 0.05) is 16.5 Å². The molecule has 0 fully saturated rings. The predicted molar refractivity (Wildman–Crippen MR) is 121 cm³/mol. The second-order valence-corrected chi connectivity index (χ2v) is 9.65. The number of nitriles is 1. The molecule has 0 aliphatic heterocycles. The highest BCUT2D eigenvalue weighted by atomic mass is 19.4. The number of amides is 1. The number of aryl methyl sites for hydroxylation is 1. The molecule has 2 aliphatic carbocycles. The number of carbonyl (C=O) groups is 2. The lowest BCUT2D eigenvalue weighted by molar-refractivity contribution is -0.274. The third kappa shape index (κ3) is 4.25. The monoisotopic (exact) mass is 484 g/mol. The van der Waals surface area contributed by atoms with Crippen LogP contribution in [0.4, 0.5) is 18.9 Å². The molecule has 0 spiro atoms. The van der Waals surface area contributed by atoms with Gasteiger partial charge in [-0.05, 0) is 66.3 Å². The largest absolute Gasteiger partial charge is 0.573 e. The molecule has 0 aromatic heterocycles. The van der Waals surface area contributed by atoms with Crippen molar-refractivity contribution in [1.29, 1.82) is 5.26 Å². The number of benzene rings is 2. The van der Waals surface area contributed by atoms with Crippen LogP contribution in [0.25, 0.3) is 0 Å². The molecule has 35 heavy (non-hydrogen) atoms. The van der Waals surface area contributed by atoms with Crippen LogP contribution >= 0.6 is 0 Å². The number of fused-ring (bicyclic) bond motifs is 3. The number of ketones is 1. The highest BCUT2D eigenvalue weighted by Crippen LogP contribution is 2.55. The van der Waals surface area contributed by atoms with Crippen LogP contribution in [0.1, 0.15) is 48.7 Å². The summed E-state index contributed by atoms with van der Waals surface area (Å²) in [4.78, 5) is 25.7. The van der Waals surface area contributed by atoms with Gasteiger partial charge in [0.05, 0.1) is 11.1 Å². The Balaban J connectivity index is 1.65. The number of aromatic hydroxyl groups is 1. The lowest BCUT2D eigenvalue weighted by atomic mass is 9.51. The minimum atomic E-state index is -4.82. The van der Waals surface area contributed by atoms with Crippen LogP contribution in [0.2, 0.25) is 0 Å². The Morgan fingerprint density at radius 3 is 2.46 bits per heavy atom. The van der Waals surface area contributed by atoms with Crippen molar-refractivity contribution in [2.75, 3.05) is 5.32 Å². The zero-order chi connectivity index (χ0) is 25.8. The first-order chi connectivity index (χ1) is 16.3. The fourth-order valence-corrected chi connectivity index (χ4v) is 5.49. The van der Waals surface area contributed by atoms with Crippen LogP contribution in [-0.2, 0) is 16.6 Å². The number of phenolic OH excluding ortho intramolecular Hbond substituents is 1. The van der Waals surface area contributed by atoms with Gasteiger partial charge in [-0.1, -0.05) is 26.8 Å². The van der Waals surface area contributed by atoms with Crippen LogP contribution in [0.5, 0.6) is 11.5 Å². The average Bonchev–Trinajstić information content (AvgIpc) is 2.76. The molecule has 182 valence electrons. The standard InChI is InChI=1S/C26H23F3N2O4/c1-24(2)21-9-4-14-10-18(20(32)11-19(14)25(21,3)12-15(13-30)22(24)33)23(34)31-16-5-7-17(8-6-16)35-26(27,28)29/h5-8,10-12,21,32H,4,9H2,1-3H3,(H,31,34)/t21-,25+/m0/s1. The summed E-state index contributed by atoms with van der Waals surface area (Å²) in [5.74, 6) is -1.62. The summed E-state index contributed by atoms with van der Waals surface area (Å²) in [5.41, 5.74) is 0.446. The van der Waals surface area contributed by atoms with Crippen molar-refractivity contribution >= 4 is 17.4 Å². The number of anilines is 1. The van der Waals surface area contributed by atoms with E-state index in [2.05, 4.69) is 10.1 Å². The average molecular weight is 484 g/mol. The van der Waals surface area contributed by atoms with Gasteiger partial charge in [0.25, 0.3) is 5.91 Å². The van der Waals surface area contributed by atoms with Gasteiger partial charge in [0.15, 0.2) is 5.78 Å². The first kappa shape index (κ1) is 24.3. The van der Waals surface area contributed by atoms with E-state index in [1.165, 1.54) is 18.2 Å². The number of halogens is 3. The second-order valence-electron chi connectivity index (χ2n) is 9.65. The van der Waals surface area contributed by atoms with E-state index in [9.17, 15) is 33.1 Å². The fourth-order valence-electron chi connectivity index (χ4n) is 5.49. The van der Waals surface area contributed by atoms with Gasteiger partial charge in [-0.25, -0.2) is 0 Å². The molecule has 2 aliphatic rings. The van der Waals surface area contributed by atoms with E-state index in [0.29, 0.717) is 12.8 Å². The normalized spacial score (nSPS) is 22.8. The summed E-state index contributed by atoms with van der Waals surface area (Å²) in [7, 11) is 0. The number of nitrogens with one attached hydrogen (secondary N) is 1. The summed E-state index contributed by atoms with van der Waals surface area (Å²) in [6.45, 7) is 5.60. The molecule has 0 saturated carbocycles. The Hall–Kier alpha value is -3.80. The van der Waals surface area contributed by atoms with Gasteiger partial charge in [-0.3, -0.25) is 9.59 Å². The Morgan fingerprint density at radius 1 is 1.20 bits per heavy atom. The summed E-state index contributed by atoms with van der Waals surface area (Å²) in [6.07, 6.45) is -1.91. The predicted octanol–water partition coefficient (Wildman–Crippen LogP) is 5.42. The summed E-state index contributed by atoms with van der Waals surface area (Å²) in [6, 6.07) is 9.76. The number of ether oxygens (including phenoxy) is 1. The number of hydrogen-bond donors (Lipinski definition) is 2. The molecular formula is C26H23F3N2O4. The highest BCUT2D eigenvalue weighted by molar-refractivity contribution is 6.07. The SMILES string of the molecule is CC1(C)C(=O)C(C#N)=C[C@]2(C)c3cc(O)c(C(=O)Nc4ccc(OC(F)(F)F)cc4)cc3CC[C@@H]12. The van der Waals surface area contributed by atoms with Gasteiger partial charge in [0.2, 0.25) is 0 Å². The lowest BCUT2D eigenvalue weighted by Gasteiger charge is -2.51. The molecule has 2 aromatic carbocycles. The number of carbonyl (C=O) groups excluding carboxylic acids is 2. The Kier molecular flexibility index (Phi) is 5.67. The number of rotatable bonds is 3. The van der Waals surface area contributed by atoms with E-state index >= 15 is 0 Å². The van der Waals surface area contributed by atoms with Crippen molar-refractivity contribution in [3.8, 4) is 17.6 Å². The maximum atomic E-state index is 12.9. The smallest absolute Gasteiger partial charge is 0.507 e. The molecule has 0 saturated heterocycles. The van der Waals surface area contributed by atoms with Crippen LogP contribution in [0.3, 0.4) is 0 Å². The van der Waals surface area contributed by atoms with Crippen LogP contribution in [0, 0.1) is 22.7 Å². The number of phenols is 1. The van der Waals surface area contributed by atoms with Crippen molar-refractivity contribution in [3.05, 3.63) is 64.7 Å². The molecule has 1 amide bonds. The summed E-state index contributed by atoms with van der Waals surface area (Å²) < 4.78 is 40.8. The first-order valence-electron chi connectivity index (χ1n) is 11.0. The van der Waals surface area contributed by atoms with Crippen LogP contribution < -0.4 is 10.1 Å². The minimum absolute atomic E-state index is 0.0112. The molecule has 0 heterocycles. The van der Waals surface area contributed by atoms with Crippen molar-refractivity contribution < 1.29 is 32.6 Å². The molecule has 2 N–H and O–H groups in total. The molecule has 2 atom stereocenters. The topological polar surface area (TPSA) is 99.4 Å². The van der Waals surface area contributed by atoms with E-state index in [1.807, 2.05) is 26.8 Å². The molecular weight excluding hydrogens is 461 g/mol. The zero-order valence-electron chi connectivity index (χ0n) is 19.3. The maximum Gasteiger partial charge on any atom is 0.573 e. The van der Waals surface area contributed by atoms with Crippen molar-refractivity contribution in [3.63, 3.8) is 0 Å². The first-order valence-corrected chi connectivity index (χ1v) is 11.0. The number of Topliss-reactive ketones (excluding diaryl/α,β-unsaturated/α-hetero) is 1. The van der Waals surface area contributed by atoms with Gasteiger partial charge in [-0.2, -0.15) is 5.26 Å². The number of hydrogen-bond acceptors (Lipinski definition) is 5. The number of nitrogens with zero attached hydrogens (tertiary/aromatic N) is 1. The van der Waals surface area contributed by atoms with Gasteiger partial charge >= 0.3 is 6.36 Å². The Bertz CT molecular complexity index is 1290. The van der Waals surface area contributed by atoms with E-state index in [1.54, 1.807) is 12.1 Å². The van der Waals surface area contributed by atoms with Gasteiger partial charge in [-0.15, -0.1) is 13.2 Å². The van der Waals surface area contributed by atoms with E-state index in [-0.39, 0.29) is 34.3 Å². The molecule has 2 aromatic rings. The molecule has 9 heteroatoms. The van der Waals surface area contributed by atoms with Crippen molar-refractivity contribution in [1.82, 2.24) is 0 Å². The van der Waals surface area contributed by atoms with Gasteiger partial charge < -0.3 is 15.2 Å². The minimum Gasteiger partial charge on any atom is -0.507 e. The summed E-state index contributed by atoms with van der Waals surface area (Å²) in [5, 5.41) is 22.8. The summed E-state index contributed by atoms with van der Waals surface area (Å²) >= 11 is 0. The molecule has 0 unspecified atom stereocenters. The van der Waals surface area contributed by atoms with Crippen LogP contribution in [-0.4, -0.2) is 23.2 Å². The quantitative estimate of drug-likeness (QED) is 0.606. The van der Waals surface area contributed by atoms with Crippen LogP contribution in [0.15, 0.2) is 48.0 Å². The highest BCUT2D eigenvalue weighted by Gasteiger charge is 2.54. The van der Waals surface area contributed by atoms with E-state index < -0.39 is 28.8 Å². The maximum absolute atomic E-state index is 12.9. The third-order valence-corrected chi connectivity index (χ3v) is 7.08. The van der Waals surface area contributed by atoms with Crippen molar-refractivity contribution in [2.45, 2.75) is 45.4 Å². The Morgan fingerprint density at radius 2 is 1.86 bits per heavy atom. The lowest BCUT2D eigenvalue weighted by Crippen LogP contribution is -2.51.